The second kappa shape index (κ2) is 8.18. The molecule has 144 valence electrons. The van der Waals surface area contributed by atoms with E-state index < -0.39 is 16.1 Å². The first-order valence-electron chi connectivity index (χ1n) is 8.75. The first-order valence-corrected chi connectivity index (χ1v) is 10.2. The van der Waals surface area contributed by atoms with Crippen molar-refractivity contribution in [3.05, 3.63) is 29.8 Å². The Labute approximate surface area is 155 Å². The number of carbonyl (C=O) groups is 2. The minimum absolute atomic E-state index is 0.0410. The highest BCUT2D eigenvalue weighted by atomic mass is 32.2. The molecular formula is C18H27N3O4S. The first-order chi connectivity index (χ1) is 12.1. The van der Waals surface area contributed by atoms with Crippen LogP contribution in [-0.2, 0) is 19.6 Å². The van der Waals surface area contributed by atoms with Crippen LogP contribution in [0, 0.1) is 12.8 Å². The smallest absolute Gasteiger partial charge is 0.245 e. The summed E-state index contributed by atoms with van der Waals surface area (Å²) in [6.45, 7) is 8.14. The molecule has 1 fully saturated rings. The van der Waals surface area contributed by atoms with Crippen molar-refractivity contribution >= 4 is 21.8 Å². The minimum Gasteiger partial charge on any atom is -0.344 e. The van der Waals surface area contributed by atoms with E-state index >= 15 is 0 Å². The van der Waals surface area contributed by atoms with Gasteiger partial charge in [0.05, 0.1) is 4.90 Å². The molecule has 8 heteroatoms. The van der Waals surface area contributed by atoms with Crippen LogP contribution in [0.25, 0.3) is 0 Å². The maximum Gasteiger partial charge on any atom is 0.245 e. The summed E-state index contributed by atoms with van der Waals surface area (Å²) in [5.41, 5.74) is 0.997. The highest BCUT2D eigenvalue weighted by molar-refractivity contribution is 7.89. The van der Waals surface area contributed by atoms with E-state index in [1.165, 1.54) is 11.2 Å². The maximum absolute atomic E-state index is 12.7. The van der Waals surface area contributed by atoms with Crippen molar-refractivity contribution in [1.29, 1.82) is 0 Å². The fraction of sp³-hybridized carbons (Fsp3) is 0.556. The van der Waals surface area contributed by atoms with Crippen LogP contribution in [0.1, 0.15) is 26.3 Å². The van der Waals surface area contributed by atoms with Gasteiger partial charge in [-0.3, -0.25) is 9.59 Å². The number of rotatable bonds is 5. The molecular weight excluding hydrogens is 354 g/mol. The van der Waals surface area contributed by atoms with Gasteiger partial charge in [-0.2, -0.15) is 4.31 Å². The lowest BCUT2D eigenvalue weighted by molar-refractivity contribution is -0.138. The van der Waals surface area contributed by atoms with Gasteiger partial charge in [-0.25, -0.2) is 8.42 Å². The quantitative estimate of drug-likeness (QED) is 0.824. The maximum atomic E-state index is 12.7. The third kappa shape index (κ3) is 4.62. The molecule has 26 heavy (non-hydrogen) atoms. The lowest BCUT2D eigenvalue weighted by atomic mass is 10.0. The van der Waals surface area contributed by atoms with Crippen molar-refractivity contribution in [3.63, 3.8) is 0 Å². The molecule has 0 saturated carbocycles. The van der Waals surface area contributed by atoms with Gasteiger partial charge in [-0.05, 0) is 25.0 Å². The largest absolute Gasteiger partial charge is 0.344 e. The lowest BCUT2D eigenvalue weighted by Gasteiger charge is -2.36. The third-order valence-corrected chi connectivity index (χ3v) is 6.41. The van der Waals surface area contributed by atoms with E-state index in [1.807, 2.05) is 20.8 Å². The van der Waals surface area contributed by atoms with Crippen LogP contribution < -0.4 is 5.32 Å². The molecule has 0 aliphatic carbocycles. The monoisotopic (exact) mass is 381 g/mol. The van der Waals surface area contributed by atoms with Crippen molar-refractivity contribution < 1.29 is 18.0 Å². The Hall–Kier alpha value is -1.93. The van der Waals surface area contributed by atoms with Crippen molar-refractivity contribution in [2.24, 2.45) is 5.92 Å². The normalized spacial score (nSPS) is 17.2. The predicted molar refractivity (Wildman–Crippen MR) is 99.0 cm³/mol. The summed E-state index contributed by atoms with van der Waals surface area (Å²) in [5, 5.41) is 2.69. The number of hydrogen-bond acceptors (Lipinski definition) is 4. The van der Waals surface area contributed by atoms with Gasteiger partial charge in [0.25, 0.3) is 0 Å². The molecule has 1 aliphatic heterocycles. The highest BCUT2D eigenvalue weighted by Gasteiger charge is 2.33. The standard InChI is InChI=1S/C18H27N3O4S/c1-13(2)17(19-15(4)22)18(23)20-9-11-21(12-10-20)26(24,25)16-7-5-14(3)6-8-16/h5-8,13,17H,9-12H2,1-4H3,(H,19,22)/t17-/m0/s1. The van der Waals surface area contributed by atoms with Crippen molar-refractivity contribution in [2.75, 3.05) is 26.2 Å². The number of nitrogens with zero attached hydrogens (tertiary/aromatic N) is 2. The van der Waals surface area contributed by atoms with E-state index in [0.29, 0.717) is 13.1 Å². The van der Waals surface area contributed by atoms with E-state index in [9.17, 15) is 18.0 Å². The van der Waals surface area contributed by atoms with Crippen LogP contribution >= 0.6 is 0 Å². The van der Waals surface area contributed by atoms with Gasteiger partial charge in [0.15, 0.2) is 0 Å². The molecule has 1 atom stereocenters. The average Bonchev–Trinajstić information content (AvgIpc) is 2.59. The summed E-state index contributed by atoms with van der Waals surface area (Å²) in [6, 6.07) is 6.16. The van der Waals surface area contributed by atoms with Gasteiger partial charge in [-0.1, -0.05) is 31.5 Å². The molecule has 0 aromatic heterocycles. The Balaban J connectivity index is 2.05. The van der Waals surface area contributed by atoms with Crippen LogP contribution in [0.2, 0.25) is 0 Å². The zero-order valence-electron chi connectivity index (χ0n) is 15.7. The summed E-state index contributed by atoms with van der Waals surface area (Å²) in [7, 11) is -3.56. The first kappa shape index (κ1) is 20.4. The molecule has 0 spiro atoms. The molecule has 1 saturated heterocycles. The summed E-state index contributed by atoms with van der Waals surface area (Å²) < 4.78 is 26.9. The fourth-order valence-corrected chi connectivity index (χ4v) is 4.36. The predicted octanol–water partition coefficient (Wildman–Crippen LogP) is 0.989. The number of benzene rings is 1. The zero-order valence-corrected chi connectivity index (χ0v) is 16.5. The number of sulfonamides is 1. The van der Waals surface area contributed by atoms with Crippen LogP contribution in [0.3, 0.4) is 0 Å². The van der Waals surface area contributed by atoms with Gasteiger partial charge in [0.2, 0.25) is 21.8 Å². The van der Waals surface area contributed by atoms with E-state index in [0.717, 1.165) is 5.56 Å². The van der Waals surface area contributed by atoms with Gasteiger partial charge in [0.1, 0.15) is 6.04 Å². The van der Waals surface area contributed by atoms with Crippen LogP contribution in [0.15, 0.2) is 29.2 Å². The minimum atomic E-state index is -3.56. The summed E-state index contributed by atoms with van der Waals surface area (Å²) >= 11 is 0. The Morgan fingerprint density at radius 2 is 1.58 bits per heavy atom. The van der Waals surface area contributed by atoms with Crippen molar-refractivity contribution in [2.45, 2.75) is 38.6 Å². The summed E-state index contributed by atoms with van der Waals surface area (Å²) in [4.78, 5) is 25.9. The molecule has 0 unspecified atom stereocenters. The number of piperazine rings is 1. The molecule has 0 bridgehead atoms. The van der Waals surface area contributed by atoms with Crippen LogP contribution in [0.5, 0.6) is 0 Å². The second-order valence-corrected chi connectivity index (χ2v) is 8.90. The van der Waals surface area contributed by atoms with E-state index in [2.05, 4.69) is 5.32 Å². The third-order valence-electron chi connectivity index (χ3n) is 4.50. The average molecular weight is 381 g/mol. The van der Waals surface area contributed by atoms with E-state index in [4.69, 9.17) is 0 Å². The number of amides is 2. The Morgan fingerprint density at radius 3 is 2.04 bits per heavy atom. The molecule has 0 radical (unpaired) electrons. The number of carbonyl (C=O) groups excluding carboxylic acids is 2. The molecule has 1 N–H and O–H groups in total. The Kier molecular flexibility index (Phi) is 6.41. The van der Waals surface area contributed by atoms with Gasteiger partial charge in [0, 0.05) is 33.1 Å². The number of nitrogens with one attached hydrogen (secondary N) is 1. The van der Waals surface area contributed by atoms with Gasteiger partial charge < -0.3 is 10.2 Å². The van der Waals surface area contributed by atoms with Gasteiger partial charge >= 0.3 is 0 Å². The zero-order chi connectivity index (χ0) is 19.5. The van der Waals surface area contributed by atoms with Crippen molar-refractivity contribution in [1.82, 2.24) is 14.5 Å². The van der Waals surface area contributed by atoms with E-state index in [1.54, 1.807) is 29.2 Å². The Morgan fingerprint density at radius 1 is 1.04 bits per heavy atom. The molecule has 1 aromatic carbocycles. The number of aryl methyl sites for hydroxylation is 1. The second-order valence-electron chi connectivity index (χ2n) is 6.96. The SMILES string of the molecule is CC(=O)N[C@H](C(=O)N1CCN(S(=O)(=O)c2ccc(C)cc2)CC1)C(C)C. The summed E-state index contributed by atoms with van der Waals surface area (Å²) in [6.07, 6.45) is 0. The topological polar surface area (TPSA) is 86.8 Å². The Bertz CT molecular complexity index is 751. The highest BCUT2D eigenvalue weighted by Crippen LogP contribution is 2.19. The van der Waals surface area contributed by atoms with Gasteiger partial charge in [-0.15, -0.1) is 0 Å². The molecule has 2 rings (SSSR count). The van der Waals surface area contributed by atoms with Crippen LogP contribution in [-0.4, -0.2) is 61.7 Å². The number of hydrogen-bond donors (Lipinski definition) is 1. The molecule has 1 aromatic rings. The van der Waals surface area contributed by atoms with E-state index in [-0.39, 0.29) is 35.7 Å². The molecule has 7 nitrogen and oxygen atoms in total. The fourth-order valence-electron chi connectivity index (χ4n) is 2.94. The molecule has 2 amide bonds. The van der Waals surface area contributed by atoms with Crippen LogP contribution in [0.4, 0.5) is 0 Å². The molecule has 1 aliphatic rings. The lowest BCUT2D eigenvalue weighted by Crippen LogP contribution is -2.56. The van der Waals surface area contributed by atoms with Crippen molar-refractivity contribution in [3.8, 4) is 0 Å². The molecule has 1 heterocycles. The summed E-state index contributed by atoms with van der Waals surface area (Å²) in [5.74, 6) is -0.457.